The molecule has 0 atom stereocenters. The standard InChI is InChI=1S/C22H17Cl2FN2O4S/c1-32(30,31)17-8-4-14(5-9-17)22(29)27-21-18(23)11-16(12-19(21)24)26-20(28)10-13-2-6-15(25)7-3-13/h2-9,11-12H,10H2,1H3,(H,26,28)(H,27,29). The number of sulfone groups is 1. The van der Waals surface area contributed by atoms with Crippen LogP contribution in [0.3, 0.4) is 0 Å². The van der Waals surface area contributed by atoms with Crippen LogP contribution >= 0.6 is 23.2 Å². The molecule has 32 heavy (non-hydrogen) atoms. The molecule has 0 saturated carbocycles. The van der Waals surface area contributed by atoms with Gasteiger partial charge in [-0.05, 0) is 54.1 Å². The van der Waals surface area contributed by atoms with E-state index in [0.717, 1.165) is 6.26 Å². The maximum atomic E-state index is 13.0. The molecule has 0 aliphatic heterocycles. The van der Waals surface area contributed by atoms with E-state index in [1.54, 1.807) is 0 Å². The molecule has 0 spiro atoms. The number of nitrogens with one attached hydrogen (secondary N) is 2. The van der Waals surface area contributed by atoms with Crippen molar-refractivity contribution in [2.24, 2.45) is 0 Å². The van der Waals surface area contributed by atoms with Crippen molar-refractivity contribution in [3.8, 4) is 0 Å². The van der Waals surface area contributed by atoms with Gasteiger partial charge in [-0.15, -0.1) is 0 Å². The molecule has 166 valence electrons. The van der Waals surface area contributed by atoms with Gasteiger partial charge in [-0.3, -0.25) is 9.59 Å². The van der Waals surface area contributed by atoms with E-state index in [1.165, 1.54) is 60.7 Å². The zero-order valence-corrected chi connectivity index (χ0v) is 19.0. The van der Waals surface area contributed by atoms with E-state index in [0.29, 0.717) is 11.3 Å². The van der Waals surface area contributed by atoms with Crippen LogP contribution in [0.1, 0.15) is 15.9 Å². The van der Waals surface area contributed by atoms with Crippen LogP contribution in [0.15, 0.2) is 65.6 Å². The van der Waals surface area contributed by atoms with E-state index in [1.807, 2.05) is 0 Å². The molecule has 0 saturated heterocycles. The number of carbonyl (C=O) groups is 2. The lowest BCUT2D eigenvalue weighted by atomic mass is 10.1. The Kier molecular flexibility index (Phi) is 7.18. The minimum Gasteiger partial charge on any atom is -0.326 e. The van der Waals surface area contributed by atoms with Crippen molar-refractivity contribution in [2.75, 3.05) is 16.9 Å². The van der Waals surface area contributed by atoms with Crippen molar-refractivity contribution in [1.82, 2.24) is 0 Å². The minimum atomic E-state index is -3.38. The summed E-state index contributed by atoms with van der Waals surface area (Å²) >= 11 is 12.5. The Balaban J connectivity index is 1.70. The summed E-state index contributed by atoms with van der Waals surface area (Å²) in [7, 11) is -3.38. The topological polar surface area (TPSA) is 92.3 Å². The van der Waals surface area contributed by atoms with Gasteiger partial charge in [0, 0.05) is 17.5 Å². The highest BCUT2D eigenvalue weighted by molar-refractivity contribution is 7.90. The lowest BCUT2D eigenvalue weighted by molar-refractivity contribution is -0.115. The van der Waals surface area contributed by atoms with E-state index < -0.39 is 21.6 Å². The van der Waals surface area contributed by atoms with Crippen molar-refractivity contribution in [2.45, 2.75) is 11.3 Å². The summed E-state index contributed by atoms with van der Waals surface area (Å²) in [4.78, 5) is 24.8. The lowest BCUT2D eigenvalue weighted by Gasteiger charge is -2.13. The van der Waals surface area contributed by atoms with Gasteiger partial charge in [0.25, 0.3) is 5.91 Å². The summed E-state index contributed by atoms with van der Waals surface area (Å²) in [6.07, 6.45) is 1.10. The third-order valence-electron chi connectivity index (χ3n) is 4.39. The smallest absolute Gasteiger partial charge is 0.255 e. The molecule has 0 aromatic heterocycles. The molecule has 0 unspecified atom stereocenters. The summed E-state index contributed by atoms with van der Waals surface area (Å²) in [6, 6.07) is 13.8. The normalized spacial score (nSPS) is 11.1. The first kappa shape index (κ1) is 23.7. The van der Waals surface area contributed by atoms with Gasteiger partial charge >= 0.3 is 0 Å². The molecule has 10 heteroatoms. The third kappa shape index (κ3) is 6.06. The summed E-state index contributed by atoms with van der Waals surface area (Å²) in [5.41, 5.74) is 1.30. The highest BCUT2D eigenvalue weighted by atomic mass is 35.5. The summed E-state index contributed by atoms with van der Waals surface area (Å²) in [6.45, 7) is 0. The average Bonchev–Trinajstić information content (AvgIpc) is 2.71. The van der Waals surface area contributed by atoms with Crippen LogP contribution in [0, 0.1) is 5.82 Å². The van der Waals surface area contributed by atoms with Gasteiger partial charge in [0.15, 0.2) is 9.84 Å². The fourth-order valence-corrected chi connectivity index (χ4v) is 4.01. The first-order valence-corrected chi connectivity index (χ1v) is 11.8. The molecule has 3 aromatic rings. The maximum Gasteiger partial charge on any atom is 0.255 e. The second-order valence-corrected chi connectivity index (χ2v) is 9.75. The number of carbonyl (C=O) groups excluding carboxylic acids is 2. The van der Waals surface area contributed by atoms with Crippen LogP contribution in [0.4, 0.5) is 15.8 Å². The van der Waals surface area contributed by atoms with Crippen LogP contribution in [0.2, 0.25) is 10.0 Å². The number of hydrogen-bond donors (Lipinski definition) is 2. The fraction of sp³-hybridized carbons (Fsp3) is 0.0909. The minimum absolute atomic E-state index is 0.0253. The zero-order valence-electron chi connectivity index (χ0n) is 16.7. The van der Waals surface area contributed by atoms with E-state index in [-0.39, 0.29) is 38.5 Å². The van der Waals surface area contributed by atoms with Crippen LogP contribution in [-0.2, 0) is 21.1 Å². The molecule has 0 fully saturated rings. The Bertz CT molecular complexity index is 1260. The van der Waals surface area contributed by atoms with Crippen LogP contribution in [-0.4, -0.2) is 26.5 Å². The SMILES string of the molecule is CS(=O)(=O)c1ccc(C(=O)Nc2c(Cl)cc(NC(=O)Cc3ccc(F)cc3)cc2Cl)cc1. The van der Waals surface area contributed by atoms with Gasteiger partial charge in [-0.25, -0.2) is 12.8 Å². The highest BCUT2D eigenvalue weighted by Crippen LogP contribution is 2.34. The van der Waals surface area contributed by atoms with Gasteiger partial charge in [-0.2, -0.15) is 0 Å². The Morgan fingerprint density at radius 3 is 2.00 bits per heavy atom. The number of rotatable bonds is 6. The quantitative estimate of drug-likeness (QED) is 0.505. The zero-order chi connectivity index (χ0) is 23.5. The van der Waals surface area contributed by atoms with Gasteiger partial charge < -0.3 is 10.6 Å². The van der Waals surface area contributed by atoms with Gasteiger partial charge in [-0.1, -0.05) is 35.3 Å². The summed E-state index contributed by atoms with van der Waals surface area (Å²) < 4.78 is 36.1. The van der Waals surface area contributed by atoms with Crippen molar-refractivity contribution >= 4 is 56.2 Å². The number of anilines is 2. The monoisotopic (exact) mass is 494 g/mol. The number of benzene rings is 3. The van der Waals surface area contributed by atoms with Gasteiger partial charge in [0.1, 0.15) is 5.82 Å². The molecule has 0 aliphatic carbocycles. The molecular formula is C22H17Cl2FN2O4S. The van der Waals surface area contributed by atoms with Crippen molar-refractivity contribution < 1.29 is 22.4 Å². The first-order chi connectivity index (χ1) is 15.0. The van der Waals surface area contributed by atoms with E-state index in [4.69, 9.17) is 23.2 Å². The van der Waals surface area contributed by atoms with Gasteiger partial charge in [0.2, 0.25) is 5.91 Å². The molecule has 0 aliphatic rings. The molecule has 2 amide bonds. The maximum absolute atomic E-state index is 13.0. The Hall–Kier alpha value is -2.94. The predicted octanol–water partition coefficient (Wildman–Crippen LogP) is 4.97. The first-order valence-electron chi connectivity index (χ1n) is 9.18. The summed E-state index contributed by atoms with van der Waals surface area (Å²) in [5.74, 6) is -1.29. The molecule has 3 aromatic carbocycles. The van der Waals surface area contributed by atoms with Gasteiger partial charge in [0.05, 0.1) is 27.0 Å². The lowest BCUT2D eigenvalue weighted by Crippen LogP contribution is -2.15. The average molecular weight is 495 g/mol. The molecule has 0 heterocycles. The Morgan fingerprint density at radius 2 is 1.47 bits per heavy atom. The second kappa shape index (κ2) is 9.68. The van der Waals surface area contributed by atoms with Crippen molar-refractivity contribution in [1.29, 1.82) is 0 Å². The van der Waals surface area contributed by atoms with Crippen LogP contribution < -0.4 is 10.6 Å². The largest absolute Gasteiger partial charge is 0.326 e. The van der Waals surface area contributed by atoms with E-state index in [9.17, 15) is 22.4 Å². The third-order valence-corrected chi connectivity index (χ3v) is 6.11. The number of hydrogen-bond acceptors (Lipinski definition) is 4. The van der Waals surface area contributed by atoms with Crippen molar-refractivity contribution in [3.63, 3.8) is 0 Å². The molecule has 0 radical (unpaired) electrons. The molecule has 6 nitrogen and oxygen atoms in total. The molecular weight excluding hydrogens is 478 g/mol. The van der Waals surface area contributed by atoms with E-state index in [2.05, 4.69) is 10.6 Å². The van der Waals surface area contributed by atoms with Crippen molar-refractivity contribution in [3.05, 3.63) is 87.7 Å². The Labute approximate surface area is 194 Å². The molecule has 0 bridgehead atoms. The Morgan fingerprint density at radius 1 is 0.906 bits per heavy atom. The number of halogens is 3. The molecule has 2 N–H and O–H groups in total. The second-order valence-electron chi connectivity index (χ2n) is 6.92. The van der Waals surface area contributed by atoms with Crippen LogP contribution in [0.5, 0.6) is 0 Å². The molecule has 3 rings (SSSR count). The highest BCUT2D eigenvalue weighted by Gasteiger charge is 2.15. The van der Waals surface area contributed by atoms with E-state index >= 15 is 0 Å². The predicted molar refractivity (Wildman–Crippen MR) is 123 cm³/mol. The number of amides is 2. The fourth-order valence-electron chi connectivity index (χ4n) is 2.80. The van der Waals surface area contributed by atoms with Crippen LogP contribution in [0.25, 0.3) is 0 Å². The summed E-state index contributed by atoms with van der Waals surface area (Å²) in [5, 5.41) is 5.41.